The average molecular weight is 974 g/mol. The summed E-state index contributed by atoms with van der Waals surface area (Å²) in [6.07, 6.45) is 14.4. The van der Waals surface area contributed by atoms with Gasteiger partial charge in [-0.05, 0) is 202 Å². The quantitative estimate of drug-likeness (QED) is 0.169. The van der Waals surface area contributed by atoms with E-state index in [1.165, 1.54) is 56.9 Å². The van der Waals surface area contributed by atoms with Crippen molar-refractivity contribution >= 4 is 88.0 Å². The third-order valence-corrected chi connectivity index (χ3v) is 18.1. The molecule has 9 atom stereocenters. The fourth-order valence-corrected chi connectivity index (χ4v) is 18.3. The molecule has 0 spiro atoms. The van der Waals surface area contributed by atoms with Crippen LogP contribution >= 0.6 is 67.8 Å². The van der Waals surface area contributed by atoms with E-state index in [4.69, 9.17) is 4.18 Å². The smallest absolute Gasteiger partial charge is 0.339 e. The van der Waals surface area contributed by atoms with Crippen LogP contribution in [0.3, 0.4) is 0 Å². The van der Waals surface area contributed by atoms with Crippen molar-refractivity contribution in [1.29, 1.82) is 0 Å². The maximum absolute atomic E-state index is 14.8. The van der Waals surface area contributed by atoms with Crippen molar-refractivity contribution in [3.8, 4) is 5.75 Å². The third-order valence-electron chi connectivity index (χ3n) is 12.4. The number of rotatable bonds is 7. The molecule has 2 aromatic rings. The first-order valence-corrected chi connectivity index (χ1v) is 22.2. The fraction of sp³-hybridized carbons (Fsp3) is 0.636. The highest BCUT2D eigenvalue weighted by atomic mass is 127. The van der Waals surface area contributed by atoms with Gasteiger partial charge in [0.25, 0.3) is 10.1 Å². The first kappa shape index (κ1) is 31.6. The highest BCUT2D eigenvalue weighted by Crippen LogP contribution is 2.60. The molecule has 6 nitrogen and oxygen atoms in total. The van der Waals surface area contributed by atoms with E-state index in [0.717, 1.165) is 42.7 Å². The van der Waals surface area contributed by atoms with Gasteiger partial charge in [-0.1, -0.05) is 31.4 Å². The molecule has 8 rings (SSSR count). The SMILES string of the molecule is O=S(=O)(O)c1c(I)cc(I)c(OS(=O)(=O)c2c(C3CC4CCC3C4)cc(C3CC4CCC3C4)cc2C2CC3CCC2C3)c1I. The van der Waals surface area contributed by atoms with E-state index in [0.29, 0.717) is 47.5 Å². The monoisotopic (exact) mass is 974 g/mol. The summed E-state index contributed by atoms with van der Waals surface area (Å²) in [7, 11) is -8.93. The van der Waals surface area contributed by atoms with Crippen LogP contribution in [0.1, 0.15) is 111 Å². The van der Waals surface area contributed by atoms with Crippen LogP contribution in [0.25, 0.3) is 0 Å². The van der Waals surface area contributed by atoms with Gasteiger partial charge in [0.05, 0.1) is 7.14 Å². The Balaban J connectivity index is 1.31. The summed E-state index contributed by atoms with van der Waals surface area (Å²) in [6, 6.07) is 6.14. The summed E-state index contributed by atoms with van der Waals surface area (Å²) in [5.74, 6) is 4.74. The van der Waals surface area contributed by atoms with E-state index in [9.17, 15) is 21.4 Å². The number of halogens is 3. The summed E-state index contributed by atoms with van der Waals surface area (Å²) >= 11 is 5.67. The molecule has 0 heterocycles. The molecule has 44 heavy (non-hydrogen) atoms. The van der Waals surface area contributed by atoms with Crippen molar-refractivity contribution in [3.05, 3.63) is 45.6 Å². The van der Waals surface area contributed by atoms with Gasteiger partial charge < -0.3 is 4.18 Å². The maximum atomic E-state index is 14.8. The van der Waals surface area contributed by atoms with Gasteiger partial charge in [0.1, 0.15) is 9.79 Å². The van der Waals surface area contributed by atoms with E-state index in [1.807, 2.05) is 45.2 Å². The highest BCUT2D eigenvalue weighted by Gasteiger charge is 2.48. The van der Waals surface area contributed by atoms with Crippen LogP contribution in [0.15, 0.2) is 28.0 Å². The van der Waals surface area contributed by atoms with Crippen molar-refractivity contribution in [1.82, 2.24) is 0 Å². The van der Waals surface area contributed by atoms with Crippen LogP contribution in [-0.4, -0.2) is 21.4 Å². The first-order chi connectivity index (χ1) is 20.9. The largest absolute Gasteiger partial charge is 0.377 e. The Morgan fingerprint density at radius 2 is 1.09 bits per heavy atom. The van der Waals surface area contributed by atoms with Crippen LogP contribution in [0.4, 0.5) is 0 Å². The molecular weight excluding hydrogens is 937 g/mol. The molecular formula is C33H37I3O6S2. The normalized spacial score (nSPS) is 35.7. The minimum atomic E-state index is -4.59. The van der Waals surface area contributed by atoms with Crippen molar-refractivity contribution < 1.29 is 25.6 Å². The molecule has 6 aliphatic carbocycles. The van der Waals surface area contributed by atoms with Crippen LogP contribution in [-0.2, 0) is 20.2 Å². The maximum Gasteiger partial charge on any atom is 0.339 e. The lowest BCUT2D eigenvalue weighted by Gasteiger charge is -2.32. The Hall–Kier alpha value is 0.290. The second-order valence-electron chi connectivity index (χ2n) is 14.7. The van der Waals surface area contributed by atoms with E-state index >= 15 is 0 Å². The van der Waals surface area contributed by atoms with E-state index in [2.05, 4.69) is 12.1 Å². The lowest BCUT2D eigenvalue weighted by molar-refractivity contribution is 0.392. The predicted molar refractivity (Wildman–Crippen MR) is 193 cm³/mol. The van der Waals surface area contributed by atoms with Crippen LogP contribution in [0, 0.1) is 46.2 Å². The molecule has 6 fully saturated rings. The van der Waals surface area contributed by atoms with Crippen molar-refractivity contribution in [2.45, 2.75) is 105 Å². The Kier molecular flexibility index (Phi) is 8.20. The summed E-state index contributed by atoms with van der Waals surface area (Å²) in [6.45, 7) is 0. The molecule has 6 bridgehead atoms. The van der Waals surface area contributed by atoms with Crippen LogP contribution in [0.2, 0.25) is 0 Å². The Labute approximate surface area is 301 Å². The minimum Gasteiger partial charge on any atom is -0.377 e. The van der Waals surface area contributed by atoms with Gasteiger partial charge in [-0.3, -0.25) is 4.55 Å². The first-order valence-electron chi connectivity index (χ1n) is 16.1. The Bertz CT molecular complexity index is 1710. The molecule has 6 aliphatic rings. The van der Waals surface area contributed by atoms with Gasteiger partial charge in [0.15, 0.2) is 5.75 Å². The van der Waals surface area contributed by atoms with Gasteiger partial charge in [0, 0.05) is 3.57 Å². The van der Waals surface area contributed by atoms with Gasteiger partial charge >= 0.3 is 10.1 Å². The number of fused-ring (bicyclic) bond motifs is 6. The molecule has 9 unspecified atom stereocenters. The summed E-state index contributed by atoms with van der Waals surface area (Å²) in [4.78, 5) is 0.0654. The second kappa shape index (κ2) is 11.4. The standard InChI is InChI=1S/C33H37I3O6S2/c34-28-15-29(35)33(43(37,38)39)30(36)31(28)42-44(40,41)32-26(24-11-17-2-5-20(24)8-17)13-22(23-10-16-1-4-19(23)7-16)14-27(32)25-12-18-3-6-21(25)9-18/h13-21,23-25H,1-12H2,(H,37,38,39). The topological polar surface area (TPSA) is 97.7 Å². The van der Waals surface area contributed by atoms with E-state index < -0.39 is 20.2 Å². The summed E-state index contributed by atoms with van der Waals surface area (Å²) in [5.41, 5.74) is 3.31. The van der Waals surface area contributed by atoms with Crippen LogP contribution in [0.5, 0.6) is 5.75 Å². The zero-order valence-corrected chi connectivity index (χ0v) is 32.5. The van der Waals surface area contributed by atoms with Crippen molar-refractivity contribution in [2.75, 3.05) is 0 Å². The molecule has 0 amide bonds. The molecule has 1 N–H and O–H groups in total. The lowest BCUT2D eigenvalue weighted by Crippen LogP contribution is -2.23. The molecule has 238 valence electrons. The number of hydrogen-bond donors (Lipinski definition) is 1. The van der Waals surface area contributed by atoms with Crippen LogP contribution < -0.4 is 4.18 Å². The summed E-state index contributed by atoms with van der Waals surface area (Å²) < 4.78 is 71.4. The second-order valence-corrected chi connectivity index (χ2v) is 20.9. The molecule has 0 aromatic heterocycles. The van der Waals surface area contributed by atoms with Gasteiger partial charge in [-0.25, -0.2) is 0 Å². The molecule has 6 saturated carbocycles. The number of hydrogen-bond acceptors (Lipinski definition) is 5. The average Bonchev–Trinajstić information content (AvgIpc) is 3.81. The van der Waals surface area contributed by atoms with E-state index in [1.54, 1.807) is 28.7 Å². The fourth-order valence-electron chi connectivity index (χ4n) is 10.7. The summed E-state index contributed by atoms with van der Waals surface area (Å²) in [5, 5.41) is 0. The van der Waals surface area contributed by atoms with Crippen molar-refractivity contribution in [3.63, 3.8) is 0 Å². The van der Waals surface area contributed by atoms with Gasteiger partial charge in [-0.15, -0.1) is 0 Å². The molecule has 11 heteroatoms. The molecule has 0 aliphatic heterocycles. The Morgan fingerprint density at radius 1 is 0.614 bits per heavy atom. The lowest BCUT2D eigenvalue weighted by atomic mass is 9.75. The Morgan fingerprint density at radius 3 is 1.50 bits per heavy atom. The molecule has 2 aromatic carbocycles. The van der Waals surface area contributed by atoms with Gasteiger partial charge in [-0.2, -0.15) is 16.8 Å². The molecule has 0 radical (unpaired) electrons. The zero-order valence-electron chi connectivity index (χ0n) is 24.4. The predicted octanol–water partition coefficient (Wildman–Crippen LogP) is 9.23. The van der Waals surface area contributed by atoms with E-state index in [-0.39, 0.29) is 26.1 Å². The zero-order chi connectivity index (χ0) is 30.7. The van der Waals surface area contributed by atoms with Gasteiger partial charge in [0.2, 0.25) is 0 Å². The highest BCUT2D eigenvalue weighted by molar-refractivity contribution is 14.1. The third kappa shape index (κ3) is 5.33. The van der Waals surface area contributed by atoms with Crippen molar-refractivity contribution in [2.24, 2.45) is 35.5 Å². The minimum absolute atomic E-state index is 0.0193. The molecule has 0 saturated heterocycles. The number of benzene rings is 2.